The molecule has 44 heavy (non-hydrogen) atoms. The van der Waals surface area contributed by atoms with E-state index in [4.69, 9.17) is 44.0 Å². The van der Waals surface area contributed by atoms with Crippen LogP contribution in [0.4, 0.5) is 22.7 Å². The second kappa shape index (κ2) is 16.5. The van der Waals surface area contributed by atoms with E-state index in [0.29, 0.717) is 22.3 Å². The van der Waals surface area contributed by atoms with Gasteiger partial charge in [0.2, 0.25) is 0 Å². The third-order valence-corrected chi connectivity index (χ3v) is 6.89. The molecule has 0 atom stereocenters. The zero-order valence-electron chi connectivity index (χ0n) is 26.7. The van der Waals surface area contributed by atoms with E-state index in [-0.39, 0.29) is 0 Å². The van der Waals surface area contributed by atoms with E-state index < -0.39 is 0 Å². The minimum atomic E-state index is 0.675. The number of nitriles is 4. The molecule has 4 rings (SSSR count). The first-order chi connectivity index (χ1) is 20.6. The van der Waals surface area contributed by atoms with Crippen LogP contribution >= 0.6 is 0 Å². The van der Waals surface area contributed by atoms with Crippen LogP contribution in [0.15, 0.2) is 48.5 Å². The van der Waals surface area contributed by atoms with E-state index >= 15 is 0 Å². The highest BCUT2D eigenvalue weighted by molar-refractivity contribution is 5.58. The Morgan fingerprint density at radius 2 is 0.432 bits per heavy atom. The topological polar surface area (TPSA) is 199 Å². The fourth-order valence-corrected chi connectivity index (χ4v) is 4.16. The number of nitrogen functional groups attached to an aromatic ring is 4. The molecule has 0 unspecified atom stereocenters. The van der Waals surface area contributed by atoms with Gasteiger partial charge in [-0.05, 0) is 148 Å². The number of rotatable bonds is 0. The van der Waals surface area contributed by atoms with Gasteiger partial charge in [0, 0.05) is 22.7 Å². The summed E-state index contributed by atoms with van der Waals surface area (Å²) in [5.41, 5.74) is 36.4. The lowest BCUT2D eigenvalue weighted by molar-refractivity contribution is 1.36. The molecule has 0 aliphatic carbocycles. The summed E-state index contributed by atoms with van der Waals surface area (Å²) in [5.74, 6) is 0. The van der Waals surface area contributed by atoms with Crippen molar-refractivity contribution in [1.29, 1.82) is 21.0 Å². The summed E-state index contributed by atoms with van der Waals surface area (Å²) in [4.78, 5) is 0. The van der Waals surface area contributed by atoms with Gasteiger partial charge in [0.25, 0.3) is 0 Å². The van der Waals surface area contributed by atoms with Crippen LogP contribution in [0.2, 0.25) is 0 Å². The van der Waals surface area contributed by atoms with Crippen molar-refractivity contribution in [3.05, 3.63) is 115 Å². The predicted octanol–water partition coefficient (Wildman–Crippen LogP) is 7.03. The molecule has 0 saturated heterocycles. The average Bonchev–Trinajstić information content (AvgIpc) is 2.99. The number of anilines is 4. The van der Waals surface area contributed by atoms with Gasteiger partial charge in [-0.3, -0.25) is 0 Å². The van der Waals surface area contributed by atoms with Crippen molar-refractivity contribution in [3.63, 3.8) is 0 Å². The Balaban J connectivity index is 0.000000293. The van der Waals surface area contributed by atoms with Gasteiger partial charge in [0.05, 0.1) is 46.5 Å². The van der Waals surface area contributed by atoms with E-state index in [1.54, 1.807) is 48.5 Å². The number of aryl methyl sites for hydroxylation is 8. The zero-order chi connectivity index (χ0) is 33.7. The fraction of sp³-hybridized carbons (Fsp3) is 0.222. The Morgan fingerprint density at radius 3 is 0.523 bits per heavy atom. The van der Waals surface area contributed by atoms with Crippen LogP contribution in [-0.4, -0.2) is 0 Å². The summed E-state index contributed by atoms with van der Waals surface area (Å²) in [6.07, 6.45) is 0. The highest BCUT2D eigenvalue weighted by atomic mass is 14.6. The standard InChI is InChI=1S/4C9H10N2/c4*1-6-3-8(5-10)4-7(2)9(6)11/h4*3-4H,11H2,1-2H3. The maximum Gasteiger partial charge on any atom is 0.0991 e. The first-order valence-electron chi connectivity index (χ1n) is 13.7. The smallest absolute Gasteiger partial charge is 0.0991 e. The van der Waals surface area contributed by atoms with Gasteiger partial charge in [-0.1, -0.05) is 0 Å². The van der Waals surface area contributed by atoms with Crippen molar-refractivity contribution in [2.45, 2.75) is 55.4 Å². The molecule has 0 spiro atoms. The molecule has 8 nitrogen and oxygen atoms in total. The molecule has 4 aromatic carbocycles. The SMILES string of the molecule is Cc1cc(C#N)cc(C)c1N.Cc1cc(C#N)cc(C)c1N.Cc1cc(C#N)cc(C)c1N.Cc1cc(C#N)cc(C)c1N. The molecular formula is C36H40N8. The first-order valence-corrected chi connectivity index (χ1v) is 13.7. The number of benzene rings is 4. The van der Waals surface area contributed by atoms with Gasteiger partial charge in [-0.25, -0.2) is 0 Å². The lowest BCUT2D eigenvalue weighted by atomic mass is 10.1. The Morgan fingerprint density at radius 1 is 0.318 bits per heavy atom. The minimum Gasteiger partial charge on any atom is -0.398 e. The van der Waals surface area contributed by atoms with E-state index in [9.17, 15) is 0 Å². The van der Waals surface area contributed by atoms with Crippen molar-refractivity contribution in [2.75, 3.05) is 22.9 Å². The van der Waals surface area contributed by atoms with Gasteiger partial charge < -0.3 is 22.9 Å². The van der Waals surface area contributed by atoms with Gasteiger partial charge in [-0.2, -0.15) is 21.0 Å². The summed E-state index contributed by atoms with van der Waals surface area (Å²) < 4.78 is 0. The van der Waals surface area contributed by atoms with Crippen LogP contribution in [0.5, 0.6) is 0 Å². The van der Waals surface area contributed by atoms with Gasteiger partial charge in [-0.15, -0.1) is 0 Å². The highest BCUT2D eigenvalue weighted by Crippen LogP contribution is 2.20. The fourth-order valence-electron chi connectivity index (χ4n) is 4.16. The zero-order valence-corrected chi connectivity index (χ0v) is 26.7. The van der Waals surface area contributed by atoms with Crippen molar-refractivity contribution >= 4 is 22.7 Å². The largest absolute Gasteiger partial charge is 0.398 e. The molecule has 8 heteroatoms. The molecule has 224 valence electrons. The molecule has 0 bridgehead atoms. The first kappa shape index (κ1) is 36.1. The molecule has 0 aliphatic rings. The average molecular weight is 585 g/mol. The molecule has 0 saturated carbocycles. The van der Waals surface area contributed by atoms with E-state index in [2.05, 4.69) is 24.3 Å². The molecule has 0 aromatic heterocycles. The van der Waals surface area contributed by atoms with Crippen LogP contribution in [0.3, 0.4) is 0 Å². The summed E-state index contributed by atoms with van der Waals surface area (Å²) in [6, 6.07) is 22.7. The van der Waals surface area contributed by atoms with Crippen LogP contribution in [0.1, 0.15) is 66.8 Å². The molecule has 0 heterocycles. The lowest BCUT2D eigenvalue weighted by Crippen LogP contribution is -1.94. The number of hydrogen-bond donors (Lipinski definition) is 4. The van der Waals surface area contributed by atoms with Crippen molar-refractivity contribution in [1.82, 2.24) is 0 Å². The molecule has 0 radical (unpaired) electrons. The molecule has 8 N–H and O–H groups in total. The van der Waals surface area contributed by atoms with Gasteiger partial charge in [0.15, 0.2) is 0 Å². The number of hydrogen-bond acceptors (Lipinski definition) is 8. The van der Waals surface area contributed by atoms with Crippen molar-refractivity contribution < 1.29 is 0 Å². The molecular weight excluding hydrogens is 544 g/mol. The second-order valence-corrected chi connectivity index (χ2v) is 10.5. The Labute approximate surface area is 261 Å². The molecule has 0 amide bonds. The number of nitrogens with two attached hydrogens (primary N) is 4. The minimum absolute atomic E-state index is 0.675. The molecule has 0 aliphatic heterocycles. The second-order valence-electron chi connectivity index (χ2n) is 10.5. The van der Waals surface area contributed by atoms with Crippen molar-refractivity contribution in [2.24, 2.45) is 0 Å². The van der Waals surface area contributed by atoms with E-state index in [1.165, 1.54) is 0 Å². The summed E-state index contributed by atoms with van der Waals surface area (Å²) in [6.45, 7) is 15.2. The molecule has 4 aromatic rings. The van der Waals surface area contributed by atoms with Crippen LogP contribution in [-0.2, 0) is 0 Å². The Kier molecular flexibility index (Phi) is 13.5. The van der Waals surface area contributed by atoms with Crippen LogP contribution in [0.25, 0.3) is 0 Å². The summed E-state index contributed by atoms with van der Waals surface area (Å²) >= 11 is 0. The van der Waals surface area contributed by atoms with Gasteiger partial charge in [0.1, 0.15) is 0 Å². The van der Waals surface area contributed by atoms with Crippen LogP contribution < -0.4 is 22.9 Å². The third kappa shape index (κ3) is 10.1. The van der Waals surface area contributed by atoms with Crippen LogP contribution in [0, 0.1) is 101 Å². The summed E-state index contributed by atoms with van der Waals surface area (Å²) in [5, 5.41) is 34.3. The highest BCUT2D eigenvalue weighted by Gasteiger charge is 2.02. The Hall–Kier alpha value is -5.96. The maximum absolute atomic E-state index is 8.59. The number of nitrogens with zero attached hydrogens (tertiary/aromatic N) is 4. The Bertz CT molecular complexity index is 1460. The molecule has 0 fully saturated rings. The lowest BCUT2D eigenvalue weighted by Gasteiger charge is -2.03. The van der Waals surface area contributed by atoms with E-state index in [1.807, 2.05) is 55.4 Å². The van der Waals surface area contributed by atoms with Gasteiger partial charge >= 0.3 is 0 Å². The van der Waals surface area contributed by atoms with E-state index in [0.717, 1.165) is 67.3 Å². The maximum atomic E-state index is 8.59. The third-order valence-electron chi connectivity index (χ3n) is 6.89. The normalized spacial score (nSPS) is 9.18. The summed E-state index contributed by atoms with van der Waals surface area (Å²) in [7, 11) is 0. The predicted molar refractivity (Wildman–Crippen MR) is 180 cm³/mol. The van der Waals surface area contributed by atoms with Crippen molar-refractivity contribution in [3.8, 4) is 24.3 Å². The monoisotopic (exact) mass is 584 g/mol. The quantitative estimate of drug-likeness (QED) is 0.158.